The van der Waals surface area contributed by atoms with Crippen LogP contribution in [0.2, 0.25) is 0 Å². The van der Waals surface area contributed by atoms with Gasteiger partial charge in [-0.15, -0.1) is 0 Å². The van der Waals surface area contributed by atoms with Crippen molar-refractivity contribution in [1.82, 2.24) is 9.78 Å². The Kier molecular flexibility index (Phi) is 2.17. The lowest BCUT2D eigenvalue weighted by Gasteiger charge is -1.95. The Morgan fingerprint density at radius 1 is 1.67 bits per heavy atom. The van der Waals surface area contributed by atoms with Gasteiger partial charge in [0.2, 0.25) is 0 Å². The number of rotatable bonds is 2. The Hall–Kier alpha value is -1.32. The number of hydrogen-bond acceptors (Lipinski definition) is 3. The smallest absolute Gasteiger partial charge is 0.183 e. The molecule has 4 nitrogen and oxygen atoms in total. The molecular weight excluding hydrogens is 156 g/mol. The van der Waals surface area contributed by atoms with Gasteiger partial charge in [-0.2, -0.15) is 5.10 Å². The van der Waals surface area contributed by atoms with Crippen LogP contribution in [-0.2, 0) is 6.54 Å². The van der Waals surface area contributed by atoms with Gasteiger partial charge in [0, 0.05) is 13.5 Å². The summed E-state index contributed by atoms with van der Waals surface area (Å²) in [6, 6.07) is 0. The van der Waals surface area contributed by atoms with E-state index in [0.717, 1.165) is 0 Å². The Balaban J connectivity index is 3.25. The lowest BCUT2D eigenvalue weighted by atomic mass is 10.2. The average molecular weight is 168 g/mol. The molecule has 1 heterocycles. The van der Waals surface area contributed by atoms with E-state index in [1.807, 2.05) is 6.92 Å². The molecule has 0 radical (unpaired) electrons. The second kappa shape index (κ2) is 2.97. The molecule has 0 unspecified atom stereocenters. The minimum absolute atomic E-state index is 0.00403. The maximum absolute atomic E-state index is 10.9. The summed E-state index contributed by atoms with van der Waals surface area (Å²) in [7, 11) is 0. The molecule has 0 amide bonds. The molecule has 0 saturated carbocycles. The van der Waals surface area contributed by atoms with Crippen LogP contribution in [0.15, 0.2) is 0 Å². The number of carbonyl (C=O) groups is 1. The molecule has 0 aliphatic rings. The molecule has 1 rings (SSSR count). The topological polar surface area (TPSA) is 55.1 Å². The Morgan fingerprint density at radius 3 is 2.50 bits per heavy atom. The Labute approximate surface area is 70.8 Å². The fourth-order valence-corrected chi connectivity index (χ4v) is 1.08. The van der Waals surface area contributed by atoms with Crippen LogP contribution in [0.1, 0.15) is 30.0 Å². The van der Waals surface area contributed by atoms with Crippen molar-refractivity contribution >= 4 is 5.78 Å². The van der Waals surface area contributed by atoms with E-state index in [1.54, 1.807) is 11.6 Å². The van der Waals surface area contributed by atoms with Crippen molar-refractivity contribution in [3.05, 3.63) is 11.4 Å². The molecule has 12 heavy (non-hydrogen) atoms. The van der Waals surface area contributed by atoms with Gasteiger partial charge in [-0.25, -0.2) is 0 Å². The molecule has 0 fully saturated rings. The van der Waals surface area contributed by atoms with E-state index in [1.165, 1.54) is 6.92 Å². The summed E-state index contributed by atoms with van der Waals surface area (Å²) in [6.07, 6.45) is 0. The highest BCUT2D eigenvalue weighted by Gasteiger charge is 2.15. The first-order chi connectivity index (χ1) is 5.57. The highest BCUT2D eigenvalue weighted by Crippen LogP contribution is 2.20. The van der Waals surface area contributed by atoms with Gasteiger partial charge in [-0.3, -0.25) is 9.48 Å². The van der Waals surface area contributed by atoms with E-state index in [-0.39, 0.29) is 17.2 Å². The minimum Gasteiger partial charge on any atom is -0.504 e. The molecule has 0 aliphatic heterocycles. The number of Topliss-reactive ketones (excluding diaryl/α,β-unsaturated/α-hetero) is 1. The third-order valence-corrected chi connectivity index (χ3v) is 1.81. The van der Waals surface area contributed by atoms with E-state index >= 15 is 0 Å². The molecule has 4 heteroatoms. The van der Waals surface area contributed by atoms with Crippen LogP contribution in [0.25, 0.3) is 0 Å². The molecule has 1 aromatic rings. The zero-order valence-electron chi connectivity index (χ0n) is 7.46. The summed E-state index contributed by atoms with van der Waals surface area (Å²) in [5, 5.41) is 13.4. The molecule has 0 bridgehead atoms. The lowest BCUT2D eigenvalue weighted by Crippen LogP contribution is -2.00. The summed E-state index contributed by atoms with van der Waals surface area (Å²) < 4.78 is 1.60. The van der Waals surface area contributed by atoms with Crippen molar-refractivity contribution in [3.63, 3.8) is 0 Å². The highest BCUT2D eigenvalue weighted by atomic mass is 16.3. The van der Waals surface area contributed by atoms with E-state index < -0.39 is 0 Å². The van der Waals surface area contributed by atoms with Crippen molar-refractivity contribution in [1.29, 1.82) is 0 Å². The molecule has 0 spiro atoms. The molecular formula is C8H12N2O2. The van der Waals surface area contributed by atoms with Crippen molar-refractivity contribution < 1.29 is 9.90 Å². The number of hydrogen-bond donors (Lipinski definition) is 1. The van der Waals surface area contributed by atoms with Gasteiger partial charge in [0.15, 0.2) is 17.2 Å². The van der Waals surface area contributed by atoms with Crippen molar-refractivity contribution in [3.8, 4) is 5.75 Å². The summed E-state index contributed by atoms with van der Waals surface area (Å²) in [5.74, 6) is -0.202. The summed E-state index contributed by atoms with van der Waals surface area (Å²) in [4.78, 5) is 10.9. The van der Waals surface area contributed by atoms with Crippen molar-refractivity contribution in [2.45, 2.75) is 27.3 Å². The number of carbonyl (C=O) groups excluding carboxylic acids is 1. The standard InChI is InChI=1S/C8H12N2O2/c1-4-10-5(2)8(12)7(9-10)6(3)11/h12H,4H2,1-3H3. The molecule has 1 aromatic heterocycles. The number of ketones is 1. The molecule has 0 aromatic carbocycles. The van der Waals surface area contributed by atoms with Crippen LogP contribution < -0.4 is 0 Å². The first-order valence-corrected chi connectivity index (χ1v) is 3.85. The molecule has 1 N–H and O–H groups in total. The quantitative estimate of drug-likeness (QED) is 0.673. The van der Waals surface area contributed by atoms with Crippen molar-refractivity contribution in [2.24, 2.45) is 0 Å². The molecule has 0 aliphatic carbocycles. The van der Waals surface area contributed by atoms with Crippen LogP contribution in [0.4, 0.5) is 0 Å². The molecule has 66 valence electrons. The normalized spacial score (nSPS) is 10.2. The SMILES string of the molecule is CCn1nc(C(C)=O)c(O)c1C. The van der Waals surface area contributed by atoms with Crippen molar-refractivity contribution in [2.75, 3.05) is 0 Å². The van der Waals surface area contributed by atoms with E-state index in [9.17, 15) is 9.90 Å². The van der Waals surface area contributed by atoms with Gasteiger partial charge >= 0.3 is 0 Å². The zero-order valence-corrected chi connectivity index (χ0v) is 7.46. The second-order valence-electron chi connectivity index (χ2n) is 2.65. The van der Waals surface area contributed by atoms with Gasteiger partial charge in [-0.05, 0) is 13.8 Å². The van der Waals surface area contributed by atoms with Crippen LogP contribution >= 0.6 is 0 Å². The molecule has 0 saturated heterocycles. The van der Waals surface area contributed by atoms with E-state index in [0.29, 0.717) is 12.2 Å². The third-order valence-electron chi connectivity index (χ3n) is 1.81. The fourth-order valence-electron chi connectivity index (χ4n) is 1.08. The maximum Gasteiger partial charge on any atom is 0.183 e. The zero-order chi connectivity index (χ0) is 9.30. The highest BCUT2D eigenvalue weighted by molar-refractivity contribution is 5.94. The van der Waals surface area contributed by atoms with E-state index in [2.05, 4.69) is 5.10 Å². The average Bonchev–Trinajstić information content (AvgIpc) is 2.30. The number of aromatic nitrogens is 2. The number of aromatic hydroxyl groups is 1. The summed E-state index contributed by atoms with van der Waals surface area (Å²) in [6.45, 7) is 5.69. The maximum atomic E-state index is 10.9. The predicted molar refractivity (Wildman–Crippen MR) is 44.3 cm³/mol. The van der Waals surface area contributed by atoms with Gasteiger partial charge < -0.3 is 5.11 Å². The van der Waals surface area contributed by atoms with Crippen LogP contribution in [0, 0.1) is 6.92 Å². The monoisotopic (exact) mass is 168 g/mol. The third kappa shape index (κ3) is 1.20. The lowest BCUT2D eigenvalue weighted by molar-refractivity contribution is 0.101. The number of nitrogens with zero attached hydrogens (tertiary/aromatic N) is 2. The van der Waals surface area contributed by atoms with E-state index in [4.69, 9.17) is 0 Å². The van der Waals surface area contributed by atoms with Gasteiger partial charge in [0.05, 0.1) is 5.69 Å². The van der Waals surface area contributed by atoms with Crippen LogP contribution in [0.5, 0.6) is 5.75 Å². The Bertz CT molecular complexity index is 315. The van der Waals surface area contributed by atoms with Gasteiger partial charge in [0.25, 0.3) is 0 Å². The Morgan fingerprint density at radius 2 is 2.25 bits per heavy atom. The van der Waals surface area contributed by atoms with Crippen LogP contribution in [0.3, 0.4) is 0 Å². The largest absolute Gasteiger partial charge is 0.504 e. The number of aryl methyl sites for hydroxylation is 1. The second-order valence-corrected chi connectivity index (χ2v) is 2.65. The minimum atomic E-state index is -0.206. The first-order valence-electron chi connectivity index (χ1n) is 3.85. The fraction of sp³-hybridized carbons (Fsp3) is 0.500. The molecule has 0 atom stereocenters. The van der Waals surface area contributed by atoms with Gasteiger partial charge in [0.1, 0.15) is 0 Å². The van der Waals surface area contributed by atoms with Crippen LogP contribution in [-0.4, -0.2) is 20.7 Å². The summed E-state index contributed by atoms with van der Waals surface area (Å²) >= 11 is 0. The predicted octanol–water partition coefficient (Wildman–Crippen LogP) is 1.12. The summed E-state index contributed by atoms with van der Waals surface area (Å²) in [5.41, 5.74) is 0.803. The first kappa shape index (κ1) is 8.77. The van der Waals surface area contributed by atoms with Gasteiger partial charge in [-0.1, -0.05) is 0 Å².